The number of nitrogens with one attached hydrogen (secondary N) is 1. The summed E-state index contributed by atoms with van der Waals surface area (Å²) < 4.78 is 0.962. The Morgan fingerprint density at radius 2 is 2.06 bits per heavy atom. The fraction of sp³-hybridized carbons (Fsp3) is 0.214. The summed E-state index contributed by atoms with van der Waals surface area (Å²) in [4.78, 5) is 12.7. The van der Waals surface area contributed by atoms with Crippen LogP contribution in [0.25, 0.3) is 0 Å². The molecule has 0 aliphatic carbocycles. The van der Waals surface area contributed by atoms with Crippen LogP contribution in [-0.4, -0.2) is 5.91 Å². The van der Waals surface area contributed by atoms with Crippen LogP contribution >= 0.6 is 27.3 Å². The van der Waals surface area contributed by atoms with E-state index >= 15 is 0 Å². The fourth-order valence-electron chi connectivity index (χ4n) is 1.60. The van der Waals surface area contributed by atoms with Crippen LogP contribution in [0, 0.1) is 0 Å². The Morgan fingerprint density at radius 1 is 1.28 bits per heavy atom. The monoisotopic (exact) mass is 323 g/mol. The van der Waals surface area contributed by atoms with E-state index in [4.69, 9.17) is 0 Å². The SMILES string of the molecule is CC(C)c1cccc(NC(=O)c2ccc(Br)s2)c1. The van der Waals surface area contributed by atoms with Crippen molar-refractivity contribution < 1.29 is 4.79 Å². The highest BCUT2D eigenvalue weighted by Crippen LogP contribution is 2.24. The molecule has 94 valence electrons. The summed E-state index contributed by atoms with van der Waals surface area (Å²) in [6.45, 7) is 4.27. The zero-order valence-corrected chi connectivity index (χ0v) is 12.6. The van der Waals surface area contributed by atoms with Gasteiger partial charge in [0.25, 0.3) is 5.91 Å². The molecule has 18 heavy (non-hydrogen) atoms. The van der Waals surface area contributed by atoms with E-state index in [2.05, 4.69) is 41.2 Å². The Labute approximate surface area is 119 Å². The van der Waals surface area contributed by atoms with Gasteiger partial charge in [0.05, 0.1) is 8.66 Å². The van der Waals surface area contributed by atoms with Gasteiger partial charge in [0, 0.05) is 5.69 Å². The van der Waals surface area contributed by atoms with Gasteiger partial charge < -0.3 is 5.32 Å². The molecule has 1 aromatic carbocycles. The Morgan fingerprint density at radius 3 is 2.67 bits per heavy atom. The van der Waals surface area contributed by atoms with Gasteiger partial charge in [-0.25, -0.2) is 0 Å². The Hall–Kier alpha value is -1.13. The smallest absolute Gasteiger partial charge is 0.265 e. The highest BCUT2D eigenvalue weighted by Gasteiger charge is 2.09. The first-order valence-corrected chi connectivity index (χ1v) is 7.34. The van der Waals surface area contributed by atoms with E-state index in [1.165, 1.54) is 16.9 Å². The minimum atomic E-state index is -0.0633. The number of hydrogen-bond donors (Lipinski definition) is 1. The molecule has 0 radical (unpaired) electrons. The Bertz CT molecular complexity index is 562. The van der Waals surface area contributed by atoms with Gasteiger partial charge in [-0.2, -0.15) is 0 Å². The summed E-state index contributed by atoms with van der Waals surface area (Å²) in [5.74, 6) is 0.393. The van der Waals surface area contributed by atoms with Gasteiger partial charge in [-0.05, 0) is 51.7 Å². The molecule has 2 rings (SSSR count). The summed E-state index contributed by atoms with van der Waals surface area (Å²) in [5, 5.41) is 2.92. The van der Waals surface area contributed by atoms with Gasteiger partial charge in [0.2, 0.25) is 0 Å². The average Bonchev–Trinajstić information content (AvgIpc) is 2.76. The summed E-state index contributed by atoms with van der Waals surface area (Å²) in [5.41, 5.74) is 2.07. The number of benzene rings is 1. The number of carbonyl (C=O) groups excluding carboxylic acids is 1. The molecule has 0 saturated carbocycles. The van der Waals surface area contributed by atoms with Gasteiger partial charge in [-0.1, -0.05) is 26.0 Å². The molecule has 1 N–H and O–H groups in total. The lowest BCUT2D eigenvalue weighted by Crippen LogP contribution is -2.10. The van der Waals surface area contributed by atoms with E-state index in [0.29, 0.717) is 10.8 Å². The van der Waals surface area contributed by atoms with Crippen LogP contribution in [0.2, 0.25) is 0 Å². The second-order valence-corrected chi connectivity index (χ2v) is 6.80. The van der Waals surface area contributed by atoms with Gasteiger partial charge in [-0.15, -0.1) is 11.3 Å². The first kappa shape index (κ1) is 13.3. The van der Waals surface area contributed by atoms with Crippen molar-refractivity contribution in [2.45, 2.75) is 19.8 Å². The first-order valence-electron chi connectivity index (χ1n) is 5.73. The largest absolute Gasteiger partial charge is 0.321 e. The molecule has 0 unspecified atom stereocenters. The highest BCUT2D eigenvalue weighted by molar-refractivity contribution is 9.11. The normalized spacial score (nSPS) is 10.7. The lowest BCUT2D eigenvalue weighted by atomic mass is 10.0. The van der Waals surface area contributed by atoms with Crippen LogP contribution in [0.5, 0.6) is 0 Å². The van der Waals surface area contributed by atoms with Crippen molar-refractivity contribution in [2.24, 2.45) is 0 Å². The number of amides is 1. The van der Waals surface area contributed by atoms with Crippen molar-refractivity contribution in [1.29, 1.82) is 0 Å². The van der Waals surface area contributed by atoms with Crippen LogP contribution in [0.4, 0.5) is 5.69 Å². The second-order valence-electron chi connectivity index (χ2n) is 4.34. The fourth-order valence-corrected chi connectivity index (χ4v) is 2.89. The summed E-state index contributed by atoms with van der Waals surface area (Å²) in [6.07, 6.45) is 0. The Kier molecular flexibility index (Phi) is 4.19. The predicted octanol–water partition coefficient (Wildman–Crippen LogP) is 4.89. The average molecular weight is 324 g/mol. The van der Waals surface area contributed by atoms with Gasteiger partial charge in [0.1, 0.15) is 0 Å². The maximum Gasteiger partial charge on any atom is 0.265 e. The zero-order chi connectivity index (χ0) is 13.1. The van der Waals surface area contributed by atoms with Crippen molar-refractivity contribution in [3.8, 4) is 0 Å². The second kappa shape index (κ2) is 5.67. The minimum Gasteiger partial charge on any atom is -0.321 e. The maximum absolute atomic E-state index is 12.0. The maximum atomic E-state index is 12.0. The molecule has 0 fully saturated rings. The minimum absolute atomic E-state index is 0.0633. The third-order valence-electron chi connectivity index (χ3n) is 2.61. The third-order valence-corrected chi connectivity index (χ3v) is 4.23. The van der Waals surface area contributed by atoms with Crippen LogP contribution in [0.3, 0.4) is 0 Å². The number of carbonyl (C=O) groups is 1. The number of hydrogen-bond acceptors (Lipinski definition) is 2. The molecule has 0 aliphatic heterocycles. The van der Waals surface area contributed by atoms with Crippen molar-refractivity contribution >= 4 is 38.9 Å². The van der Waals surface area contributed by atoms with Crippen LogP contribution in [-0.2, 0) is 0 Å². The van der Waals surface area contributed by atoms with Gasteiger partial charge in [0.15, 0.2) is 0 Å². The first-order chi connectivity index (χ1) is 8.56. The molecule has 4 heteroatoms. The highest BCUT2D eigenvalue weighted by atomic mass is 79.9. The van der Waals surface area contributed by atoms with E-state index in [1.807, 2.05) is 30.3 Å². The molecular formula is C14H14BrNOS. The number of anilines is 1. The van der Waals surface area contributed by atoms with Gasteiger partial charge >= 0.3 is 0 Å². The van der Waals surface area contributed by atoms with Crippen LogP contribution in [0.15, 0.2) is 40.2 Å². The molecular weight excluding hydrogens is 310 g/mol. The molecule has 1 heterocycles. The number of halogens is 1. The molecule has 2 aromatic rings. The molecule has 1 aromatic heterocycles. The quantitative estimate of drug-likeness (QED) is 0.856. The molecule has 0 aliphatic rings. The molecule has 0 bridgehead atoms. The molecule has 0 spiro atoms. The molecule has 2 nitrogen and oxygen atoms in total. The molecule has 0 atom stereocenters. The van der Waals surface area contributed by atoms with Crippen molar-refractivity contribution in [3.63, 3.8) is 0 Å². The van der Waals surface area contributed by atoms with E-state index < -0.39 is 0 Å². The number of thiophene rings is 1. The van der Waals surface area contributed by atoms with Crippen LogP contribution in [0.1, 0.15) is 35.0 Å². The van der Waals surface area contributed by atoms with Gasteiger partial charge in [-0.3, -0.25) is 4.79 Å². The van der Waals surface area contributed by atoms with Crippen molar-refractivity contribution in [2.75, 3.05) is 5.32 Å². The van der Waals surface area contributed by atoms with Crippen molar-refractivity contribution in [1.82, 2.24) is 0 Å². The lowest BCUT2D eigenvalue weighted by Gasteiger charge is -2.08. The third kappa shape index (κ3) is 3.21. The Balaban J connectivity index is 2.14. The standard InChI is InChI=1S/C14H14BrNOS/c1-9(2)10-4-3-5-11(8-10)16-14(17)12-6-7-13(15)18-12/h3-9H,1-2H3,(H,16,17). The van der Waals surface area contributed by atoms with Crippen molar-refractivity contribution in [3.05, 3.63) is 50.6 Å². The topological polar surface area (TPSA) is 29.1 Å². The van der Waals surface area contributed by atoms with Crippen LogP contribution < -0.4 is 5.32 Å². The number of rotatable bonds is 3. The van der Waals surface area contributed by atoms with E-state index in [1.54, 1.807) is 0 Å². The van der Waals surface area contributed by atoms with E-state index in [0.717, 1.165) is 9.47 Å². The molecule has 0 saturated heterocycles. The zero-order valence-electron chi connectivity index (χ0n) is 10.2. The van der Waals surface area contributed by atoms with E-state index in [9.17, 15) is 4.79 Å². The summed E-state index contributed by atoms with van der Waals surface area (Å²) >= 11 is 4.79. The summed E-state index contributed by atoms with van der Waals surface area (Å²) in [7, 11) is 0. The predicted molar refractivity (Wildman–Crippen MR) is 80.5 cm³/mol. The lowest BCUT2D eigenvalue weighted by molar-refractivity contribution is 0.103. The van der Waals surface area contributed by atoms with E-state index in [-0.39, 0.29) is 5.91 Å². The molecule has 1 amide bonds. The summed E-state index contributed by atoms with van der Waals surface area (Å²) in [6, 6.07) is 11.7.